The Morgan fingerprint density at radius 3 is 2.64 bits per heavy atom. The van der Waals surface area contributed by atoms with Crippen LogP contribution in [0.2, 0.25) is 0 Å². The summed E-state index contributed by atoms with van der Waals surface area (Å²) in [7, 11) is -1.64. The highest BCUT2D eigenvalue weighted by Crippen LogP contribution is 2.37. The molecule has 118 valence electrons. The molecule has 5 nitrogen and oxygen atoms in total. The Morgan fingerprint density at radius 1 is 1.32 bits per heavy atom. The molecule has 2 heterocycles. The first-order chi connectivity index (χ1) is 10.3. The lowest BCUT2D eigenvalue weighted by Gasteiger charge is -2.19. The second-order valence-corrected chi connectivity index (χ2v) is 7.57. The molecule has 0 spiro atoms. The number of nitrogens with two attached hydrogens (primary N) is 1. The van der Waals surface area contributed by atoms with Crippen LogP contribution < -0.4 is 10.0 Å². The van der Waals surface area contributed by atoms with Gasteiger partial charge in [0.15, 0.2) is 0 Å². The highest BCUT2D eigenvalue weighted by Gasteiger charge is 2.31. The van der Waals surface area contributed by atoms with Crippen LogP contribution >= 0.6 is 0 Å². The zero-order valence-corrected chi connectivity index (χ0v) is 13.3. The molecule has 1 aliphatic rings. The van der Waals surface area contributed by atoms with E-state index in [2.05, 4.69) is 0 Å². The molecule has 0 radical (unpaired) electrons. The van der Waals surface area contributed by atoms with Gasteiger partial charge in [0, 0.05) is 24.8 Å². The third-order valence-electron chi connectivity index (χ3n) is 4.13. The maximum Gasteiger partial charge on any atom is 0.234 e. The number of nitrogens with zero attached hydrogens (tertiary/aromatic N) is 2. The third-order valence-corrected chi connectivity index (χ3v) is 5.90. The number of nitrogen functional groups attached to an aromatic ring is 1. The summed E-state index contributed by atoms with van der Waals surface area (Å²) in [5.41, 5.74) is 8.21. The maximum atomic E-state index is 14.5. The molecule has 1 aliphatic heterocycles. The van der Waals surface area contributed by atoms with Crippen molar-refractivity contribution >= 4 is 21.5 Å². The highest BCUT2D eigenvalue weighted by molar-refractivity contribution is 7.92. The third kappa shape index (κ3) is 2.16. The van der Waals surface area contributed by atoms with Gasteiger partial charge in [0.1, 0.15) is 11.6 Å². The van der Waals surface area contributed by atoms with Gasteiger partial charge in [0.05, 0.1) is 11.4 Å². The first-order valence-corrected chi connectivity index (χ1v) is 8.70. The van der Waals surface area contributed by atoms with E-state index in [4.69, 9.17) is 5.73 Å². The van der Waals surface area contributed by atoms with Gasteiger partial charge in [-0.25, -0.2) is 12.8 Å². The van der Waals surface area contributed by atoms with Crippen molar-refractivity contribution in [3.05, 3.63) is 35.6 Å². The summed E-state index contributed by atoms with van der Waals surface area (Å²) in [6.07, 6.45) is 0.513. The summed E-state index contributed by atoms with van der Waals surface area (Å²) in [4.78, 5) is 0. The van der Waals surface area contributed by atoms with E-state index in [1.165, 1.54) is 10.4 Å². The Balaban J connectivity index is 2.12. The van der Waals surface area contributed by atoms with E-state index >= 15 is 0 Å². The predicted molar refractivity (Wildman–Crippen MR) is 85.7 cm³/mol. The van der Waals surface area contributed by atoms with Crippen molar-refractivity contribution in [1.29, 1.82) is 0 Å². The van der Waals surface area contributed by atoms with Crippen molar-refractivity contribution in [3.63, 3.8) is 0 Å². The normalized spacial score (nSPS) is 14.4. The second-order valence-electron chi connectivity index (χ2n) is 5.39. The van der Waals surface area contributed by atoms with Crippen molar-refractivity contribution in [2.24, 2.45) is 7.05 Å². The van der Waals surface area contributed by atoms with E-state index in [0.29, 0.717) is 29.9 Å². The van der Waals surface area contributed by atoms with Crippen LogP contribution in [0.4, 0.5) is 15.9 Å². The summed E-state index contributed by atoms with van der Waals surface area (Å²) in [5.74, 6) is 0.0370. The molecule has 0 saturated carbocycles. The van der Waals surface area contributed by atoms with Gasteiger partial charge in [-0.1, -0.05) is 0 Å². The van der Waals surface area contributed by atoms with E-state index < -0.39 is 15.8 Å². The minimum atomic E-state index is -3.45. The van der Waals surface area contributed by atoms with Crippen LogP contribution in [0.3, 0.4) is 0 Å². The standard InChI is InChI=1S/C15H18FN3O2S/c1-3-22(20,21)19-7-6-10-8-11(9-12(16)15(10)19)13-4-5-14(17)18(13)2/h4-5,8-9H,3,6-7,17H2,1-2H3. The lowest BCUT2D eigenvalue weighted by molar-refractivity contribution is 0.589. The molecule has 2 aromatic rings. The number of benzene rings is 1. The van der Waals surface area contributed by atoms with E-state index in [0.717, 1.165) is 5.69 Å². The number of fused-ring (bicyclic) bond motifs is 1. The molecule has 1 aromatic carbocycles. The van der Waals surface area contributed by atoms with Gasteiger partial charge in [-0.05, 0) is 43.2 Å². The smallest absolute Gasteiger partial charge is 0.234 e. The molecule has 0 bridgehead atoms. The molecule has 7 heteroatoms. The number of aromatic nitrogens is 1. The average molecular weight is 323 g/mol. The van der Waals surface area contributed by atoms with Gasteiger partial charge in [0.25, 0.3) is 0 Å². The van der Waals surface area contributed by atoms with Crippen molar-refractivity contribution < 1.29 is 12.8 Å². The van der Waals surface area contributed by atoms with Gasteiger partial charge in [-0.3, -0.25) is 4.31 Å². The van der Waals surface area contributed by atoms with Gasteiger partial charge in [-0.2, -0.15) is 0 Å². The molecule has 22 heavy (non-hydrogen) atoms. The van der Waals surface area contributed by atoms with Crippen LogP contribution in [0.15, 0.2) is 24.3 Å². The van der Waals surface area contributed by atoms with Crippen molar-refractivity contribution in [2.75, 3.05) is 22.3 Å². The Morgan fingerprint density at radius 2 is 2.05 bits per heavy atom. The van der Waals surface area contributed by atoms with E-state index in [9.17, 15) is 12.8 Å². The fourth-order valence-corrected chi connectivity index (χ4v) is 4.02. The highest BCUT2D eigenvalue weighted by atomic mass is 32.2. The quantitative estimate of drug-likeness (QED) is 0.941. The first-order valence-electron chi connectivity index (χ1n) is 7.09. The fraction of sp³-hybridized carbons (Fsp3) is 0.333. The molecule has 2 N–H and O–H groups in total. The van der Waals surface area contributed by atoms with Gasteiger partial charge < -0.3 is 10.3 Å². The number of hydrogen-bond donors (Lipinski definition) is 1. The number of hydrogen-bond acceptors (Lipinski definition) is 3. The monoisotopic (exact) mass is 323 g/mol. The lowest BCUT2D eigenvalue weighted by atomic mass is 10.1. The number of sulfonamides is 1. The van der Waals surface area contributed by atoms with E-state index in [-0.39, 0.29) is 11.4 Å². The van der Waals surface area contributed by atoms with Crippen molar-refractivity contribution in [2.45, 2.75) is 13.3 Å². The molecular weight excluding hydrogens is 305 g/mol. The van der Waals surface area contributed by atoms with Crippen LogP contribution in [0.5, 0.6) is 0 Å². The van der Waals surface area contributed by atoms with Gasteiger partial charge in [-0.15, -0.1) is 0 Å². The molecule has 0 saturated heterocycles. The molecule has 1 aromatic heterocycles. The Labute approximate surface area is 129 Å². The lowest BCUT2D eigenvalue weighted by Crippen LogP contribution is -2.31. The predicted octanol–water partition coefficient (Wildman–Crippen LogP) is 2.13. The van der Waals surface area contributed by atoms with Gasteiger partial charge in [0.2, 0.25) is 10.0 Å². The topological polar surface area (TPSA) is 68.3 Å². The van der Waals surface area contributed by atoms with Crippen LogP contribution in [0.25, 0.3) is 11.3 Å². The van der Waals surface area contributed by atoms with Gasteiger partial charge >= 0.3 is 0 Å². The number of halogens is 1. The van der Waals surface area contributed by atoms with E-state index in [1.807, 2.05) is 19.2 Å². The fourth-order valence-electron chi connectivity index (χ4n) is 2.86. The van der Waals surface area contributed by atoms with Crippen LogP contribution in [0.1, 0.15) is 12.5 Å². The minimum absolute atomic E-state index is 0.0397. The zero-order chi connectivity index (χ0) is 16.1. The van der Waals surface area contributed by atoms with Crippen LogP contribution in [0, 0.1) is 5.82 Å². The van der Waals surface area contributed by atoms with E-state index in [1.54, 1.807) is 17.6 Å². The minimum Gasteiger partial charge on any atom is -0.385 e. The summed E-state index contributed by atoms with van der Waals surface area (Å²) in [6.45, 7) is 1.85. The van der Waals surface area contributed by atoms with Crippen molar-refractivity contribution in [3.8, 4) is 11.3 Å². The summed E-state index contributed by atoms with van der Waals surface area (Å²) in [5, 5.41) is 0. The molecule has 0 amide bonds. The Kier molecular flexibility index (Phi) is 3.40. The van der Waals surface area contributed by atoms with Crippen LogP contribution in [-0.4, -0.2) is 25.3 Å². The molecule has 0 unspecified atom stereocenters. The van der Waals surface area contributed by atoms with Crippen molar-refractivity contribution in [1.82, 2.24) is 4.57 Å². The molecule has 3 rings (SSSR count). The molecule has 0 atom stereocenters. The molecular formula is C15H18FN3O2S. The Hall–Kier alpha value is -2.02. The van der Waals surface area contributed by atoms with Crippen LogP contribution in [-0.2, 0) is 23.5 Å². The first kappa shape index (κ1) is 14.9. The number of rotatable bonds is 3. The SMILES string of the molecule is CCS(=O)(=O)N1CCc2cc(-c3ccc(N)n3C)cc(F)c21. The maximum absolute atomic E-state index is 14.5. The largest absolute Gasteiger partial charge is 0.385 e. The summed E-state index contributed by atoms with van der Waals surface area (Å²) < 4.78 is 41.6. The molecule has 0 aliphatic carbocycles. The number of anilines is 2. The average Bonchev–Trinajstić information content (AvgIpc) is 3.04. The molecule has 0 fully saturated rings. The second kappa shape index (κ2) is 5.01. The Bertz CT molecular complexity index is 843. The summed E-state index contributed by atoms with van der Waals surface area (Å²) >= 11 is 0. The summed E-state index contributed by atoms with van der Waals surface area (Å²) in [6, 6.07) is 6.80. The zero-order valence-electron chi connectivity index (χ0n) is 12.5.